The van der Waals surface area contributed by atoms with Crippen LogP contribution in [0.4, 0.5) is 4.79 Å². The van der Waals surface area contributed by atoms with Gasteiger partial charge < -0.3 is 19.9 Å². The Labute approximate surface area is 94.5 Å². The van der Waals surface area contributed by atoms with Crippen molar-refractivity contribution in [1.82, 2.24) is 0 Å². The van der Waals surface area contributed by atoms with E-state index in [0.717, 1.165) is 0 Å². The quantitative estimate of drug-likeness (QED) is 0.579. The van der Waals surface area contributed by atoms with Crippen LogP contribution in [0.2, 0.25) is 0 Å². The highest BCUT2D eigenvalue weighted by atomic mass is 35.5. The topological polar surface area (TPSA) is 87.9 Å². The van der Waals surface area contributed by atoms with Crippen LogP contribution < -0.4 is 5.73 Å². The van der Waals surface area contributed by atoms with Gasteiger partial charge in [-0.15, -0.1) is 12.4 Å². The van der Waals surface area contributed by atoms with Crippen LogP contribution in [-0.4, -0.2) is 31.1 Å². The fraction of sp³-hybridized carbons (Fsp3) is 0.750. The average molecular weight is 242 g/mol. The minimum atomic E-state index is -0.877. The number of carbonyl (C=O) groups is 2. The molecule has 0 spiro atoms. The van der Waals surface area contributed by atoms with Crippen molar-refractivity contribution < 1.29 is 23.8 Å². The maximum Gasteiger partial charge on any atom is 0.511 e. The molecule has 0 aromatic rings. The average Bonchev–Trinajstić information content (AvgIpc) is 2.02. The first kappa shape index (κ1) is 16.4. The molecule has 90 valence electrons. The summed E-state index contributed by atoms with van der Waals surface area (Å²) in [7, 11) is 0. The van der Waals surface area contributed by atoms with Crippen LogP contribution in [0.15, 0.2) is 0 Å². The maximum atomic E-state index is 10.8. The van der Waals surface area contributed by atoms with E-state index in [-0.39, 0.29) is 18.5 Å². The standard InChI is InChI=1S/C8H15NO5.ClH/c1-5(2)14-8(11)13-4-12-7(10)6(3)9;/h5-6H,4,9H2,1-3H3;1H. The third-order valence-corrected chi connectivity index (χ3v) is 1.08. The molecule has 0 saturated heterocycles. The summed E-state index contributed by atoms with van der Waals surface area (Å²) in [4.78, 5) is 21.5. The highest BCUT2D eigenvalue weighted by molar-refractivity contribution is 5.85. The molecule has 0 aliphatic carbocycles. The van der Waals surface area contributed by atoms with Gasteiger partial charge in [0, 0.05) is 0 Å². The van der Waals surface area contributed by atoms with Gasteiger partial charge in [0.1, 0.15) is 6.04 Å². The molecule has 1 unspecified atom stereocenters. The molecule has 0 aromatic heterocycles. The molecule has 0 aromatic carbocycles. The van der Waals surface area contributed by atoms with Gasteiger partial charge in [-0.2, -0.15) is 0 Å². The Morgan fingerprint density at radius 3 is 2.13 bits per heavy atom. The molecule has 0 bridgehead atoms. The van der Waals surface area contributed by atoms with Crippen LogP contribution in [0.1, 0.15) is 20.8 Å². The van der Waals surface area contributed by atoms with Gasteiger partial charge in [-0.05, 0) is 20.8 Å². The van der Waals surface area contributed by atoms with E-state index >= 15 is 0 Å². The SMILES string of the molecule is CC(C)OC(=O)OCOC(=O)C(C)N.Cl. The summed E-state index contributed by atoms with van der Waals surface area (Å²) in [6.45, 7) is 4.34. The van der Waals surface area contributed by atoms with Gasteiger partial charge in [0.25, 0.3) is 0 Å². The number of esters is 1. The zero-order chi connectivity index (χ0) is 11.1. The van der Waals surface area contributed by atoms with Crippen LogP contribution in [0.5, 0.6) is 0 Å². The normalized spacial score (nSPS) is 11.3. The van der Waals surface area contributed by atoms with Crippen molar-refractivity contribution in [3.05, 3.63) is 0 Å². The molecular weight excluding hydrogens is 226 g/mol. The van der Waals surface area contributed by atoms with Gasteiger partial charge in [0.15, 0.2) is 0 Å². The van der Waals surface area contributed by atoms with Crippen LogP contribution in [-0.2, 0) is 19.0 Å². The Kier molecular flexibility index (Phi) is 9.10. The molecule has 0 fully saturated rings. The Bertz CT molecular complexity index is 207. The Balaban J connectivity index is 0. The van der Waals surface area contributed by atoms with Gasteiger partial charge in [0.2, 0.25) is 6.79 Å². The van der Waals surface area contributed by atoms with E-state index in [1.54, 1.807) is 13.8 Å². The van der Waals surface area contributed by atoms with E-state index in [2.05, 4.69) is 14.2 Å². The van der Waals surface area contributed by atoms with Crippen molar-refractivity contribution in [3.8, 4) is 0 Å². The van der Waals surface area contributed by atoms with E-state index in [4.69, 9.17) is 5.73 Å². The lowest BCUT2D eigenvalue weighted by Crippen LogP contribution is -2.30. The summed E-state index contributed by atoms with van der Waals surface area (Å²) in [5, 5.41) is 0. The van der Waals surface area contributed by atoms with Gasteiger partial charge in [-0.1, -0.05) is 0 Å². The monoisotopic (exact) mass is 241 g/mol. The molecule has 7 heteroatoms. The van der Waals surface area contributed by atoms with Crippen LogP contribution in [0.25, 0.3) is 0 Å². The molecule has 0 rings (SSSR count). The summed E-state index contributed by atoms with van der Waals surface area (Å²) >= 11 is 0. The molecule has 6 nitrogen and oxygen atoms in total. The molecule has 0 amide bonds. The molecule has 0 radical (unpaired) electrons. The number of hydrogen-bond donors (Lipinski definition) is 1. The van der Waals surface area contributed by atoms with Crippen LogP contribution in [0, 0.1) is 0 Å². The van der Waals surface area contributed by atoms with E-state index in [1.807, 2.05) is 0 Å². The minimum Gasteiger partial charge on any atom is -0.431 e. The van der Waals surface area contributed by atoms with E-state index in [1.165, 1.54) is 6.92 Å². The predicted octanol–water partition coefficient (Wildman–Crippen LogP) is 0.818. The van der Waals surface area contributed by atoms with Gasteiger partial charge in [0.05, 0.1) is 6.10 Å². The number of carbonyl (C=O) groups excluding carboxylic acids is 2. The molecule has 0 aliphatic heterocycles. The zero-order valence-electron chi connectivity index (χ0n) is 8.89. The molecule has 0 aliphatic rings. The first-order valence-corrected chi connectivity index (χ1v) is 4.19. The van der Waals surface area contributed by atoms with Gasteiger partial charge in [-0.25, -0.2) is 4.79 Å². The number of halogens is 1. The lowest BCUT2D eigenvalue weighted by atomic mass is 10.4. The van der Waals surface area contributed by atoms with Crippen molar-refractivity contribution >= 4 is 24.5 Å². The van der Waals surface area contributed by atoms with Crippen molar-refractivity contribution in [1.29, 1.82) is 0 Å². The zero-order valence-corrected chi connectivity index (χ0v) is 9.71. The molecule has 0 heterocycles. The number of nitrogens with two attached hydrogens (primary N) is 1. The lowest BCUT2D eigenvalue weighted by Gasteiger charge is -2.09. The summed E-state index contributed by atoms with van der Waals surface area (Å²) < 4.78 is 13.5. The Morgan fingerprint density at radius 2 is 1.73 bits per heavy atom. The highest BCUT2D eigenvalue weighted by Crippen LogP contribution is 1.93. The fourth-order valence-electron chi connectivity index (χ4n) is 0.494. The Hall–Kier alpha value is -1.01. The van der Waals surface area contributed by atoms with E-state index in [0.29, 0.717) is 0 Å². The molecule has 15 heavy (non-hydrogen) atoms. The van der Waals surface area contributed by atoms with Crippen LogP contribution >= 0.6 is 12.4 Å². The number of rotatable bonds is 4. The Morgan fingerprint density at radius 1 is 1.20 bits per heavy atom. The van der Waals surface area contributed by atoms with Crippen molar-refractivity contribution in [2.24, 2.45) is 5.73 Å². The second-order valence-electron chi connectivity index (χ2n) is 2.93. The second-order valence-corrected chi connectivity index (χ2v) is 2.93. The smallest absolute Gasteiger partial charge is 0.431 e. The van der Waals surface area contributed by atoms with Gasteiger partial charge in [-0.3, -0.25) is 4.79 Å². The van der Waals surface area contributed by atoms with E-state index in [9.17, 15) is 9.59 Å². The van der Waals surface area contributed by atoms with Crippen molar-refractivity contribution in [2.75, 3.05) is 6.79 Å². The molecular formula is C8H16ClNO5. The first-order valence-electron chi connectivity index (χ1n) is 4.19. The van der Waals surface area contributed by atoms with Crippen molar-refractivity contribution in [3.63, 3.8) is 0 Å². The third kappa shape index (κ3) is 9.30. The predicted molar refractivity (Wildman–Crippen MR) is 54.6 cm³/mol. The fourth-order valence-corrected chi connectivity index (χ4v) is 0.494. The summed E-state index contributed by atoms with van der Waals surface area (Å²) in [5.74, 6) is -0.637. The third-order valence-electron chi connectivity index (χ3n) is 1.08. The van der Waals surface area contributed by atoms with Gasteiger partial charge >= 0.3 is 12.1 Å². The maximum absolute atomic E-state index is 10.8. The molecule has 2 N–H and O–H groups in total. The summed E-state index contributed by atoms with van der Waals surface area (Å²) in [5.41, 5.74) is 5.19. The molecule has 0 saturated carbocycles. The van der Waals surface area contributed by atoms with E-state index < -0.39 is 25.0 Å². The molecule has 1 atom stereocenters. The van der Waals surface area contributed by atoms with Crippen LogP contribution in [0.3, 0.4) is 0 Å². The minimum absolute atomic E-state index is 0. The summed E-state index contributed by atoms with van der Waals surface area (Å²) in [6, 6.07) is -0.736. The van der Waals surface area contributed by atoms with Crippen molar-refractivity contribution in [2.45, 2.75) is 32.9 Å². The first-order chi connectivity index (χ1) is 6.43. The highest BCUT2D eigenvalue weighted by Gasteiger charge is 2.11. The lowest BCUT2D eigenvalue weighted by molar-refractivity contribution is -0.154. The second kappa shape index (κ2) is 8.31. The number of hydrogen-bond acceptors (Lipinski definition) is 6. The number of ether oxygens (including phenoxy) is 3. The largest absolute Gasteiger partial charge is 0.511 e. The summed E-state index contributed by atoms with van der Waals surface area (Å²) in [6.07, 6.45) is -1.15.